The van der Waals surface area contributed by atoms with Crippen molar-refractivity contribution in [3.8, 4) is 0 Å². The van der Waals surface area contributed by atoms with Gasteiger partial charge < -0.3 is 0 Å². The molecule has 34 heavy (non-hydrogen) atoms. The van der Waals surface area contributed by atoms with Crippen molar-refractivity contribution in [2.45, 2.75) is 105 Å². The van der Waals surface area contributed by atoms with Crippen LogP contribution in [-0.4, -0.2) is 17.0 Å². The van der Waals surface area contributed by atoms with Gasteiger partial charge in [0.05, 0.1) is 11.2 Å². The van der Waals surface area contributed by atoms with Gasteiger partial charge in [-0.1, -0.05) is 36.4 Å². The quantitative estimate of drug-likeness (QED) is 0.227. The number of aryl methyl sites for hydroxylation is 2. The summed E-state index contributed by atoms with van der Waals surface area (Å²) >= 11 is 0. The van der Waals surface area contributed by atoms with Crippen molar-refractivity contribution < 1.29 is 24.3 Å². The standard InChI is InChI=1S/C29H42O5/c1-19-17-23(29(11,12)34-32-27(6,7)8)18-20(2)24(19)25(30)21-13-15-22(16-14-21)28(9,10)33-31-26(3,4)5/h13-18H,1-12H3. The molecular formula is C29H42O5. The summed E-state index contributed by atoms with van der Waals surface area (Å²) in [5.41, 5.74) is 2.88. The van der Waals surface area contributed by atoms with Crippen LogP contribution in [0.25, 0.3) is 0 Å². The highest BCUT2D eigenvalue weighted by molar-refractivity contribution is 6.10. The summed E-state index contributed by atoms with van der Waals surface area (Å²) in [6, 6.07) is 11.5. The molecule has 0 unspecified atom stereocenters. The smallest absolute Gasteiger partial charge is 0.193 e. The fourth-order valence-electron chi connectivity index (χ4n) is 3.39. The summed E-state index contributed by atoms with van der Waals surface area (Å²) in [5, 5.41) is 0. The Morgan fingerprint density at radius 3 is 1.35 bits per heavy atom. The van der Waals surface area contributed by atoms with Crippen molar-refractivity contribution in [2.24, 2.45) is 0 Å². The lowest BCUT2D eigenvalue weighted by atomic mass is 9.88. The monoisotopic (exact) mass is 470 g/mol. The minimum atomic E-state index is -0.660. The first-order valence-corrected chi connectivity index (χ1v) is 11.8. The third kappa shape index (κ3) is 7.47. The van der Waals surface area contributed by atoms with Gasteiger partial charge in [0.15, 0.2) is 5.78 Å². The first-order valence-electron chi connectivity index (χ1n) is 11.8. The first kappa shape index (κ1) is 28.2. The molecule has 0 aliphatic rings. The van der Waals surface area contributed by atoms with Crippen LogP contribution in [0, 0.1) is 13.8 Å². The Balaban J connectivity index is 2.27. The van der Waals surface area contributed by atoms with Crippen molar-refractivity contribution in [1.82, 2.24) is 0 Å². The van der Waals surface area contributed by atoms with Crippen molar-refractivity contribution >= 4 is 5.78 Å². The minimum absolute atomic E-state index is 0.0116. The molecule has 0 amide bonds. The Morgan fingerprint density at radius 2 is 0.971 bits per heavy atom. The predicted molar refractivity (Wildman–Crippen MR) is 136 cm³/mol. The van der Waals surface area contributed by atoms with E-state index in [4.69, 9.17) is 19.6 Å². The van der Waals surface area contributed by atoms with E-state index >= 15 is 0 Å². The van der Waals surface area contributed by atoms with Crippen LogP contribution in [0.1, 0.15) is 107 Å². The van der Waals surface area contributed by atoms with Crippen LogP contribution < -0.4 is 0 Å². The molecule has 0 saturated carbocycles. The lowest BCUT2D eigenvalue weighted by Gasteiger charge is -2.30. The molecule has 0 fully saturated rings. The fraction of sp³-hybridized carbons (Fsp3) is 0.552. The molecule has 0 saturated heterocycles. The van der Waals surface area contributed by atoms with Gasteiger partial charge in [-0.25, -0.2) is 19.6 Å². The molecular weight excluding hydrogens is 428 g/mol. The molecule has 0 aliphatic carbocycles. The number of hydrogen-bond donors (Lipinski definition) is 0. The van der Waals surface area contributed by atoms with Crippen molar-refractivity contribution in [3.63, 3.8) is 0 Å². The van der Waals surface area contributed by atoms with Gasteiger partial charge in [0.25, 0.3) is 0 Å². The average molecular weight is 471 g/mol. The van der Waals surface area contributed by atoms with Gasteiger partial charge in [-0.15, -0.1) is 0 Å². The molecule has 0 spiro atoms. The predicted octanol–water partition coefficient (Wildman–Crippen LogP) is 7.50. The Bertz CT molecular complexity index is 979. The number of carbonyl (C=O) groups is 1. The van der Waals surface area contributed by atoms with Crippen LogP contribution in [0.2, 0.25) is 0 Å². The maximum atomic E-state index is 13.4. The molecule has 188 valence electrons. The molecule has 5 heteroatoms. The van der Waals surface area contributed by atoms with Crippen molar-refractivity contribution in [3.05, 3.63) is 69.8 Å². The summed E-state index contributed by atoms with van der Waals surface area (Å²) in [7, 11) is 0. The van der Waals surface area contributed by atoms with Gasteiger partial charge in [-0.3, -0.25) is 4.79 Å². The zero-order valence-corrected chi connectivity index (χ0v) is 23.0. The summed E-state index contributed by atoms with van der Waals surface area (Å²) in [6.07, 6.45) is 0. The van der Waals surface area contributed by atoms with E-state index in [-0.39, 0.29) is 5.78 Å². The van der Waals surface area contributed by atoms with Gasteiger partial charge in [-0.05, 0) is 105 Å². The number of ketones is 1. The van der Waals surface area contributed by atoms with E-state index in [1.807, 2.05) is 119 Å². The van der Waals surface area contributed by atoms with Crippen molar-refractivity contribution in [2.75, 3.05) is 0 Å². The van der Waals surface area contributed by atoms with E-state index in [0.717, 1.165) is 22.3 Å². The van der Waals surface area contributed by atoms with E-state index < -0.39 is 22.4 Å². The highest BCUT2D eigenvalue weighted by Crippen LogP contribution is 2.32. The molecule has 2 rings (SSSR count). The lowest BCUT2D eigenvalue weighted by Crippen LogP contribution is -2.29. The highest BCUT2D eigenvalue weighted by Gasteiger charge is 2.29. The lowest BCUT2D eigenvalue weighted by molar-refractivity contribution is -0.401. The molecule has 2 aromatic carbocycles. The van der Waals surface area contributed by atoms with Gasteiger partial charge in [0.2, 0.25) is 0 Å². The van der Waals surface area contributed by atoms with E-state index in [1.54, 1.807) is 0 Å². The third-order valence-electron chi connectivity index (χ3n) is 5.30. The van der Waals surface area contributed by atoms with Crippen LogP contribution in [0.15, 0.2) is 36.4 Å². The van der Waals surface area contributed by atoms with Gasteiger partial charge in [0.1, 0.15) is 11.2 Å². The summed E-state index contributed by atoms with van der Waals surface area (Å²) < 4.78 is 0. The molecule has 5 nitrogen and oxygen atoms in total. The van der Waals surface area contributed by atoms with Crippen LogP contribution in [-0.2, 0) is 30.8 Å². The van der Waals surface area contributed by atoms with Crippen LogP contribution >= 0.6 is 0 Å². The van der Waals surface area contributed by atoms with Crippen molar-refractivity contribution in [1.29, 1.82) is 0 Å². The van der Waals surface area contributed by atoms with E-state index in [9.17, 15) is 4.79 Å². The second-order valence-electron chi connectivity index (χ2n) is 12.0. The molecule has 0 aromatic heterocycles. The van der Waals surface area contributed by atoms with Gasteiger partial charge in [-0.2, -0.15) is 0 Å². The van der Waals surface area contributed by atoms with Gasteiger partial charge in [0, 0.05) is 11.1 Å². The SMILES string of the molecule is Cc1cc(C(C)(C)OOC(C)(C)C)cc(C)c1C(=O)c1ccc(C(C)(C)OOC(C)(C)C)cc1. The summed E-state index contributed by atoms with van der Waals surface area (Å²) in [6.45, 7) is 23.3. The maximum absolute atomic E-state index is 13.4. The summed E-state index contributed by atoms with van der Waals surface area (Å²) in [5.74, 6) is -0.0116. The highest BCUT2D eigenvalue weighted by atomic mass is 17.2. The topological polar surface area (TPSA) is 54.0 Å². The second-order valence-corrected chi connectivity index (χ2v) is 12.0. The van der Waals surface area contributed by atoms with Gasteiger partial charge >= 0.3 is 0 Å². The molecule has 0 radical (unpaired) electrons. The molecule has 0 heterocycles. The minimum Gasteiger partial charge on any atom is -0.289 e. The Hall–Kier alpha value is -2.05. The normalized spacial score (nSPS) is 13.3. The molecule has 0 bridgehead atoms. The van der Waals surface area contributed by atoms with E-state index in [2.05, 4.69) is 0 Å². The van der Waals surface area contributed by atoms with Crippen LogP contribution in [0.3, 0.4) is 0 Å². The summed E-state index contributed by atoms with van der Waals surface area (Å²) in [4.78, 5) is 35.9. The number of carbonyl (C=O) groups excluding carboxylic acids is 1. The number of hydrogen-bond acceptors (Lipinski definition) is 5. The molecule has 0 aliphatic heterocycles. The third-order valence-corrected chi connectivity index (χ3v) is 5.30. The van der Waals surface area contributed by atoms with E-state index in [0.29, 0.717) is 11.1 Å². The Labute approximate surface area is 205 Å². The number of rotatable bonds is 8. The zero-order chi connectivity index (χ0) is 26.1. The van der Waals surface area contributed by atoms with E-state index in [1.165, 1.54) is 0 Å². The molecule has 2 aromatic rings. The molecule has 0 atom stereocenters. The first-order chi connectivity index (χ1) is 15.3. The second kappa shape index (κ2) is 9.90. The van der Waals surface area contributed by atoms with Crippen LogP contribution in [0.5, 0.6) is 0 Å². The largest absolute Gasteiger partial charge is 0.289 e. The Morgan fingerprint density at radius 1 is 0.588 bits per heavy atom. The zero-order valence-electron chi connectivity index (χ0n) is 23.0. The molecule has 0 N–H and O–H groups in total. The maximum Gasteiger partial charge on any atom is 0.193 e. The average Bonchev–Trinajstić information content (AvgIpc) is 2.69. The van der Waals surface area contributed by atoms with Crippen LogP contribution in [0.4, 0.5) is 0 Å². The fourth-order valence-corrected chi connectivity index (χ4v) is 3.39. The number of benzene rings is 2. The Kier molecular flexibility index (Phi) is 8.21.